The predicted molar refractivity (Wildman–Crippen MR) is 90.4 cm³/mol. The molecule has 2 aliphatic rings. The minimum atomic E-state index is -3.48. The van der Waals surface area contributed by atoms with E-state index in [-0.39, 0.29) is 18.2 Å². The van der Waals surface area contributed by atoms with Crippen LogP contribution in [0.5, 0.6) is 0 Å². The maximum absolute atomic E-state index is 13.1. The van der Waals surface area contributed by atoms with Crippen molar-refractivity contribution < 1.29 is 13.2 Å². The standard InChI is InChI=1S/C17H26N2O3S/c1-13-11-19(12-14(2)22-13)23(20,21)18(3)17-10-6-8-15-7-4-5-9-16(15)17/h4-5,7,9,13-14,17H,6,8,10-12H2,1-3H3. The molecule has 0 aromatic heterocycles. The van der Waals surface area contributed by atoms with Gasteiger partial charge in [-0.1, -0.05) is 24.3 Å². The molecular formula is C17H26N2O3S. The molecule has 1 saturated heterocycles. The minimum absolute atomic E-state index is 0.0689. The van der Waals surface area contributed by atoms with Crippen molar-refractivity contribution in [2.75, 3.05) is 20.1 Å². The number of nitrogens with zero attached hydrogens (tertiary/aromatic N) is 2. The Morgan fingerprint density at radius 1 is 1.17 bits per heavy atom. The molecule has 1 aliphatic heterocycles. The van der Waals surface area contributed by atoms with Crippen LogP contribution in [0.25, 0.3) is 0 Å². The zero-order valence-electron chi connectivity index (χ0n) is 14.1. The number of ether oxygens (including phenoxy) is 1. The molecule has 1 heterocycles. The predicted octanol–water partition coefficient (Wildman–Crippen LogP) is 2.35. The van der Waals surface area contributed by atoms with Crippen molar-refractivity contribution in [3.05, 3.63) is 35.4 Å². The number of hydrogen-bond acceptors (Lipinski definition) is 3. The maximum Gasteiger partial charge on any atom is 0.282 e. The first-order valence-corrected chi connectivity index (χ1v) is 9.75. The second-order valence-electron chi connectivity index (χ2n) is 6.71. The van der Waals surface area contributed by atoms with Gasteiger partial charge in [0.15, 0.2) is 0 Å². The van der Waals surface area contributed by atoms with E-state index in [1.54, 1.807) is 15.7 Å². The molecule has 3 unspecified atom stereocenters. The molecule has 5 nitrogen and oxygen atoms in total. The largest absolute Gasteiger partial charge is 0.373 e. The van der Waals surface area contributed by atoms with Crippen LogP contribution >= 0.6 is 0 Å². The smallest absolute Gasteiger partial charge is 0.282 e. The molecule has 6 heteroatoms. The average molecular weight is 338 g/mol. The van der Waals surface area contributed by atoms with Crippen LogP contribution in [0.4, 0.5) is 0 Å². The monoisotopic (exact) mass is 338 g/mol. The Kier molecular flexibility index (Phi) is 4.78. The average Bonchev–Trinajstić information content (AvgIpc) is 2.52. The third-order valence-electron chi connectivity index (χ3n) is 4.85. The van der Waals surface area contributed by atoms with Gasteiger partial charge in [0.2, 0.25) is 0 Å². The van der Waals surface area contributed by atoms with E-state index in [1.807, 2.05) is 26.0 Å². The second kappa shape index (κ2) is 6.51. The van der Waals surface area contributed by atoms with E-state index in [9.17, 15) is 8.42 Å². The topological polar surface area (TPSA) is 49.9 Å². The second-order valence-corrected chi connectivity index (χ2v) is 8.69. The van der Waals surface area contributed by atoms with Crippen LogP contribution in [0.3, 0.4) is 0 Å². The van der Waals surface area contributed by atoms with Crippen molar-refractivity contribution in [1.29, 1.82) is 0 Å². The fraction of sp³-hybridized carbons (Fsp3) is 0.647. The SMILES string of the molecule is CC1CN(S(=O)(=O)N(C)C2CCCc3ccccc32)CC(C)O1. The van der Waals surface area contributed by atoms with Crippen molar-refractivity contribution in [2.45, 2.75) is 51.4 Å². The van der Waals surface area contributed by atoms with Crippen LogP contribution in [-0.4, -0.2) is 49.4 Å². The van der Waals surface area contributed by atoms with Gasteiger partial charge in [0.05, 0.1) is 18.2 Å². The Bertz CT molecular complexity index is 652. The molecule has 3 rings (SSSR count). The number of aryl methyl sites for hydroxylation is 1. The number of hydrogen-bond donors (Lipinski definition) is 0. The molecule has 1 aliphatic carbocycles. The lowest BCUT2D eigenvalue weighted by molar-refractivity contribution is -0.0456. The van der Waals surface area contributed by atoms with E-state index in [1.165, 1.54) is 5.56 Å². The Balaban J connectivity index is 1.86. The molecule has 3 atom stereocenters. The summed E-state index contributed by atoms with van der Waals surface area (Å²) in [5.74, 6) is 0. The molecule has 0 saturated carbocycles. The Morgan fingerprint density at radius 2 is 1.83 bits per heavy atom. The summed E-state index contributed by atoms with van der Waals surface area (Å²) in [6.07, 6.45) is 2.80. The van der Waals surface area contributed by atoms with Gasteiger partial charge < -0.3 is 4.74 Å². The van der Waals surface area contributed by atoms with Gasteiger partial charge in [0.1, 0.15) is 0 Å². The van der Waals surface area contributed by atoms with Crippen LogP contribution in [0.2, 0.25) is 0 Å². The normalized spacial score (nSPS) is 29.5. The van der Waals surface area contributed by atoms with Crippen LogP contribution < -0.4 is 0 Å². The fourth-order valence-corrected chi connectivity index (χ4v) is 5.47. The lowest BCUT2D eigenvalue weighted by Gasteiger charge is -2.39. The molecule has 128 valence electrons. The third-order valence-corrected chi connectivity index (χ3v) is 6.79. The Labute approximate surface area is 139 Å². The number of fused-ring (bicyclic) bond motifs is 1. The summed E-state index contributed by atoms with van der Waals surface area (Å²) in [6, 6.07) is 8.13. The van der Waals surface area contributed by atoms with Gasteiger partial charge >= 0.3 is 0 Å². The lowest BCUT2D eigenvalue weighted by atomic mass is 9.88. The van der Waals surface area contributed by atoms with Crippen LogP contribution in [0, 0.1) is 0 Å². The first kappa shape index (κ1) is 16.9. The summed E-state index contributed by atoms with van der Waals surface area (Å²) in [6.45, 7) is 4.69. The quantitative estimate of drug-likeness (QED) is 0.850. The highest BCUT2D eigenvalue weighted by molar-refractivity contribution is 7.86. The third kappa shape index (κ3) is 3.31. The number of morpholine rings is 1. The molecule has 1 aromatic carbocycles. The molecule has 0 N–H and O–H groups in total. The fourth-order valence-electron chi connectivity index (χ4n) is 3.77. The van der Waals surface area contributed by atoms with Gasteiger partial charge in [-0.2, -0.15) is 17.0 Å². The molecular weight excluding hydrogens is 312 g/mol. The number of benzene rings is 1. The highest BCUT2D eigenvalue weighted by Crippen LogP contribution is 2.35. The molecule has 0 bridgehead atoms. The Morgan fingerprint density at radius 3 is 2.52 bits per heavy atom. The molecule has 0 amide bonds. The van der Waals surface area contributed by atoms with E-state index in [2.05, 4.69) is 12.1 Å². The van der Waals surface area contributed by atoms with Gasteiger partial charge in [0, 0.05) is 20.1 Å². The van der Waals surface area contributed by atoms with Crippen molar-refractivity contribution in [3.63, 3.8) is 0 Å². The molecule has 0 spiro atoms. The summed E-state index contributed by atoms with van der Waals surface area (Å²) in [5.41, 5.74) is 2.42. The molecule has 23 heavy (non-hydrogen) atoms. The summed E-state index contributed by atoms with van der Waals surface area (Å²) < 4.78 is 35.0. The van der Waals surface area contributed by atoms with Gasteiger partial charge in [-0.15, -0.1) is 0 Å². The van der Waals surface area contributed by atoms with Crippen molar-refractivity contribution in [1.82, 2.24) is 8.61 Å². The summed E-state index contributed by atoms with van der Waals surface area (Å²) >= 11 is 0. The highest BCUT2D eigenvalue weighted by Gasteiger charge is 2.38. The molecule has 1 aromatic rings. The van der Waals surface area contributed by atoms with Crippen molar-refractivity contribution >= 4 is 10.2 Å². The van der Waals surface area contributed by atoms with E-state index < -0.39 is 10.2 Å². The first-order valence-electron chi connectivity index (χ1n) is 8.36. The lowest BCUT2D eigenvalue weighted by Crippen LogP contribution is -2.53. The van der Waals surface area contributed by atoms with Gasteiger partial charge in [-0.25, -0.2) is 0 Å². The maximum atomic E-state index is 13.1. The minimum Gasteiger partial charge on any atom is -0.373 e. The molecule has 0 radical (unpaired) electrons. The van der Waals surface area contributed by atoms with E-state index in [0.717, 1.165) is 24.8 Å². The zero-order chi connectivity index (χ0) is 16.6. The van der Waals surface area contributed by atoms with Gasteiger partial charge in [-0.05, 0) is 44.2 Å². The molecule has 1 fully saturated rings. The van der Waals surface area contributed by atoms with Crippen LogP contribution in [-0.2, 0) is 21.4 Å². The van der Waals surface area contributed by atoms with Crippen LogP contribution in [0.15, 0.2) is 24.3 Å². The van der Waals surface area contributed by atoms with E-state index in [4.69, 9.17) is 4.74 Å². The zero-order valence-corrected chi connectivity index (χ0v) is 14.9. The van der Waals surface area contributed by atoms with Gasteiger partial charge in [0.25, 0.3) is 10.2 Å². The summed E-state index contributed by atoms with van der Waals surface area (Å²) in [4.78, 5) is 0. The highest BCUT2D eigenvalue weighted by atomic mass is 32.2. The van der Waals surface area contributed by atoms with E-state index in [0.29, 0.717) is 13.1 Å². The van der Waals surface area contributed by atoms with Crippen molar-refractivity contribution in [3.8, 4) is 0 Å². The summed E-state index contributed by atoms with van der Waals surface area (Å²) in [5, 5.41) is 0. The van der Waals surface area contributed by atoms with Crippen LogP contribution in [0.1, 0.15) is 43.9 Å². The first-order chi connectivity index (χ1) is 10.9. The Hall–Kier alpha value is -0.950. The van der Waals surface area contributed by atoms with Gasteiger partial charge in [-0.3, -0.25) is 0 Å². The van der Waals surface area contributed by atoms with E-state index >= 15 is 0 Å². The summed E-state index contributed by atoms with van der Waals surface area (Å²) in [7, 11) is -1.77. The number of rotatable bonds is 3. The van der Waals surface area contributed by atoms with Crippen molar-refractivity contribution in [2.24, 2.45) is 0 Å².